The fourth-order valence-corrected chi connectivity index (χ4v) is 2.24. The third kappa shape index (κ3) is 3.04. The van der Waals surface area contributed by atoms with Gasteiger partial charge in [0.15, 0.2) is 0 Å². The van der Waals surface area contributed by atoms with Crippen LogP contribution in [0.2, 0.25) is 0 Å². The van der Waals surface area contributed by atoms with Crippen LogP contribution in [0.1, 0.15) is 42.8 Å². The number of benzene rings is 1. The van der Waals surface area contributed by atoms with Gasteiger partial charge in [0.05, 0.1) is 6.04 Å². The Kier molecular flexibility index (Phi) is 4.37. The Morgan fingerprint density at radius 1 is 1.32 bits per heavy atom. The lowest BCUT2D eigenvalue weighted by molar-refractivity contribution is 0.348. The summed E-state index contributed by atoms with van der Waals surface area (Å²) in [6, 6.07) is 3.90. The topological polar surface area (TPSA) is 64.9 Å². The maximum absolute atomic E-state index is 5.98. The summed E-state index contributed by atoms with van der Waals surface area (Å²) in [5, 5.41) is 4.02. The zero-order valence-corrected chi connectivity index (χ0v) is 13.0. The second-order valence-electron chi connectivity index (χ2n) is 4.78. The molecule has 0 unspecified atom stereocenters. The first-order chi connectivity index (χ1) is 9.02. The van der Waals surface area contributed by atoms with Crippen LogP contribution in [-0.2, 0) is 0 Å². The van der Waals surface area contributed by atoms with Gasteiger partial charge in [-0.3, -0.25) is 0 Å². The maximum atomic E-state index is 5.98. The quantitative estimate of drug-likeness (QED) is 0.926. The summed E-state index contributed by atoms with van der Waals surface area (Å²) < 4.78 is 6.36. The second kappa shape index (κ2) is 5.84. The van der Waals surface area contributed by atoms with Gasteiger partial charge < -0.3 is 10.3 Å². The fraction of sp³-hybridized carbons (Fsp3) is 0.429. The van der Waals surface area contributed by atoms with Crippen LogP contribution in [-0.4, -0.2) is 10.1 Å². The molecule has 2 N–H and O–H groups in total. The molecule has 0 fully saturated rings. The van der Waals surface area contributed by atoms with Crippen LogP contribution in [0.25, 0.3) is 11.4 Å². The number of rotatable bonds is 4. The molecule has 2 rings (SSSR count). The van der Waals surface area contributed by atoms with Gasteiger partial charge in [-0.1, -0.05) is 34.4 Å². The van der Waals surface area contributed by atoms with E-state index in [-0.39, 0.29) is 6.04 Å². The van der Waals surface area contributed by atoms with Crippen molar-refractivity contribution < 1.29 is 4.52 Å². The average molecular weight is 324 g/mol. The average Bonchev–Trinajstić information content (AvgIpc) is 2.85. The summed E-state index contributed by atoms with van der Waals surface area (Å²) in [7, 11) is 0. The van der Waals surface area contributed by atoms with Crippen molar-refractivity contribution in [1.29, 1.82) is 0 Å². The Labute approximate surface area is 121 Å². The van der Waals surface area contributed by atoms with Crippen LogP contribution < -0.4 is 5.73 Å². The molecule has 1 aromatic carbocycles. The van der Waals surface area contributed by atoms with Crippen molar-refractivity contribution in [2.24, 2.45) is 5.73 Å². The van der Waals surface area contributed by atoms with E-state index in [9.17, 15) is 0 Å². The number of aromatic nitrogens is 2. The number of nitrogens with two attached hydrogens (primary N) is 1. The van der Waals surface area contributed by atoms with Crippen LogP contribution in [0.5, 0.6) is 0 Å². The smallest absolute Gasteiger partial charge is 0.243 e. The molecule has 2 aromatic rings. The predicted octanol–water partition coefficient (Wildman–Crippen LogP) is 3.92. The Bertz CT molecular complexity index is 557. The molecule has 1 aromatic heterocycles. The number of hydrogen-bond donors (Lipinski definition) is 1. The van der Waals surface area contributed by atoms with E-state index in [4.69, 9.17) is 10.3 Å². The zero-order valence-electron chi connectivity index (χ0n) is 11.4. The SMILES string of the molecule is CCC[C@H](N)c1nc(-c2cc(C)c(Br)c(C)c2)no1. The molecular weight excluding hydrogens is 306 g/mol. The first-order valence-electron chi connectivity index (χ1n) is 6.39. The van der Waals surface area contributed by atoms with E-state index >= 15 is 0 Å². The molecule has 0 aliphatic carbocycles. The largest absolute Gasteiger partial charge is 0.337 e. The van der Waals surface area contributed by atoms with E-state index in [1.54, 1.807) is 0 Å². The van der Waals surface area contributed by atoms with Crippen molar-refractivity contribution in [1.82, 2.24) is 10.1 Å². The second-order valence-corrected chi connectivity index (χ2v) is 5.57. The molecular formula is C14H18BrN3O. The first kappa shape index (κ1) is 14.2. The predicted molar refractivity (Wildman–Crippen MR) is 78.7 cm³/mol. The Morgan fingerprint density at radius 3 is 2.53 bits per heavy atom. The fourth-order valence-electron chi connectivity index (χ4n) is 2.01. The van der Waals surface area contributed by atoms with Crippen molar-refractivity contribution in [2.75, 3.05) is 0 Å². The summed E-state index contributed by atoms with van der Waals surface area (Å²) in [6.45, 7) is 6.17. The first-order valence-corrected chi connectivity index (χ1v) is 7.18. The van der Waals surface area contributed by atoms with Crippen LogP contribution in [0.15, 0.2) is 21.1 Å². The minimum absolute atomic E-state index is 0.177. The Morgan fingerprint density at radius 2 is 1.95 bits per heavy atom. The highest BCUT2D eigenvalue weighted by Gasteiger charge is 2.15. The normalized spacial score (nSPS) is 12.7. The van der Waals surface area contributed by atoms with Gasteiger partial charge in [-0.15, -0.1) is 0 Å². The Hall–Kier alpha value is -1.20. The number of hydrogen-bond acceptors (Lipinski definition) is 4. The minimum Gasteiger partial charge on any atom is -0.337 e. The molecule has 4 nitrogen and oxygen atoms in total. The standard InChI is InChI=1S/C14H18BrN3O/c1-4-5-11(16)14-17-13(18-19-14)10-6-8(2)12(15)9(3)7-10/h6-7,11H,4-5,16H2,1-3H3/t11-/m0/s1. The highest BCUT2D eigenvalue weighted by atomic mass is 79.9. The Balaban J connectivity index is 2.33. The number of nitrogens with zero attached hydrogens (tertiary/aromatic N) is 2. The van der Waals surface area contributed by atoms with Crippen molar-refractivity contribution >= 4 is 15.9 Å². The zero-order chi connectivity index (χ0) is 14.0. The monoisotopic (exact) mass is 323 g/mol. The summed E-state index contributed by atoms with van der Waals surface area (Å²) in [5.74, 6) is 1.11. The van der Waals surface area contributed by atoms with Crippen molar-refractivity contribution in [3.8, 4) is 11.4 Å². The minimum atomic E-state index is -0.177. The van der Waals surface area contributed by atoms with Crippen LogP contribution in [0.4, 0.5) is 0 Å². The molecule has 1 heterocycles. The number of aryl methyl sites for hydroxylation is 2. The van der Waals surface area contributed by atoms with Gasteiger partial charge >= 0.3 is 0 Å². The molecule has 0 aliphatic rings. The summed E-state index contributed by atoms with van der Waals surface area (Å²) in [4.78, 5) is 4.39. The van der Waals surface area contributed by atoms with Crippen LogP contribution in [0, 0.1) is 13.8 Å². The van der Waals surface area contributed by atoms with Gasteiger partial charge in [-0.25, -0.2) is 0 Å². The van der Waals surface area contributed by atoms with Crippen molar-refractivity contribution in [3.63, 3.8) is 0 Å². The maximum Gasteiger partial charge on any atom is 0.243 e. The molecule has 0 radical (unpaired) electrons. The molecule has 0 aliphatic heterocycles. The molecule has 0 saturated heterocycles. The molecule has 1 atom stereocenters. The summed E-state index contributed by atoms with van der Waals surface area (Å²) in [6.07, 6.45) is 1.84. The molecule has 0 saturated carbocycles. The molecule has 19 heavy (non-hydrogen) atoms. The van der Waals surface area contributed by atoms with E-state index < -0.39 is 0 Å². The van der Waals surface area contributed by atoms with E-state index in [1.165, 1.54) is 0 Å². The lowest BCUT2D eigenvalue weighted by atomic mass is 10.1. The van der Waals surface area contributed by atoms with Crippen molar-refractivity contribution in [2.45, 2.75) is 39.7 Å². The van der Waals surface area contributed by atoms with Gasteiger partial charge in [0.1, 0.15) is 0 Å². The van der Waals surface area contributed by atoms with Gasteiger partial charge in [-0.2, -0.15) is 4.98 Å². The van der Waals surface area contributed by atoms with E-state index in [0.29, 0.717) is 11.7 Å². The summed E-state index contributed by atoms with van der Waals surface area (Å²) >= 11 is 3.55. The highest BCUT2D eigenvalue weighted by molar-refractivity contribution is 9.10. The lowest BCUT2D eigenvalue weighted by Crippen LogP contribution is -2.09. The van der Waals surface area contributed by atoms with E-state index in [1.807, 2.05) is 26.0 Å². The third-order valence-electron chi connectivity index (χ3n) is 3.05. The van der Waals surface area contributed by atoms with Gasteiger partial charge in [-0.05, 0) is 43.5 Å². The van der Waals surface area contributed by atoms with Gasteiger partial charge in [0.2, 0.25) is 11.7 Å². The van der Waals surface area contributed by atoms with Crippen LogP contribution in [0.3, 0.4) is 0 Å². The van der Waals surface area contributed by atoms with E-state index in [0.717, 1.165) is 34.0 Å². The van der Waals surface area contributed by atoms with Crippen molar-refractivity contribution in [3.05, 3.63) is 33.6 Å². The third-order valence-corrected chi connectivity index (χ3v) is 4.30. The van der Waals surface area contributed by atoms with Crippen LogP contribution >= 0.6 is 15.9 Å². The molecule has 0 bridgehead atoms. The molecule has 0 amide bonds. The lowest BCUT2D eigenvalue weighted by Gasteiger charge is -2.05. The van der Waals surface area contributed by atoms with Gasteiger partial charge in [0, 0.05) is 10.0 Å². The van der Waals surface area contributed by atoms with Gasteiger partial charge in [0.25, 0.3) is 0 Å². The number of halogens is 1. The molecule has 5 heteroatoms. The summed E-state index contributed by atoms with van der Waals surface area (Å²) in [5.41, 5.74) is 9.24. The molecule has 102 valence electrons. The van der Waals surface area contributed by atoms with E-state index in [2.05, 4.69) is 33.0 Å². The highest BCUT2D eigenvalue weighted by Crippen LogP contribution is 2.27. The molecule has 0 spiro atoms.